The van der Waals surface area contributed by atoms with Crippen LogP contribution in [0.4, 0.5) is 0 Å². The molecule has 1 aliphatic heterocycles. The Morgan fingerprint density at radius 2 is 2.25 bits per heavy atom. The smallest absolute Gasteiger partial charge is 0.0236 e. The molecule has 1 aromatic rings. The quantitative estimate of drug-likeness (QED) is 0.834. The Hall–Kier alpha value is -0.860. The van der Waals surface area contributed by atoms with Crippen LogP contribution in [0.3, 0.4) is 0 Å². The summed E-state index contributed by atoms with van der Waals surface area (Å²) < 4.78 is 0. The lowest BCUT2D eigenvalue weighted by atomic mass is 10.1. The van der Waals surface area contributed by atoms with E-state index < -0.39 is 0 Å². The second-order valence-corrected chi connectivity index (χ2v) is 5.56. The molecule has 2 nitrogen and oxygen atoms in total. The summed E-state index contributed by atoms with van der Waals surface area (Å²) in [6.45, 7) is 6.64. The van der Waals surface area contributed by atoms with Gasteiger partial charge in [-0.2, -0.15) is 0 Å². The number of piperidine rings is 1. The van der Waals surface area contributed by atoms with Crippen LogP contribution < -0.4 is 5.73 Å². The maximum Gasteiger partial charge on any atom is 0.0236 e. The lowest BCUT2D eigenvalue weighted by Crippen LogP contribution is -2.28. The Morgan fingerprint density at radius 1 is 1.44 bits per heavy atom. The molecule has 1 heterocycles. The van der Waals surface area contributed by atoms with Crippen molar-refractivity contribution in [1.82, 2.24) is 4.90 Å². The molecule has 2 N–H and O–H groups in total. The fraction of sp³-hybridized carbons (Fsp3) is 0.571. The summed E-state index contributed by atoms with van der Waals surface area (Å²) in [6, 6.07) is 8.69. The number of aryl methyl sites for hydroxylation is 1. The minimum absolute atomic E-state index is 0.503. The number of rotatable bonds is 3. The van der Waals surface area contributed by atoms with E-state index in [1.807, 2.05) is 0 Å². The molecule has 0 radical (unpaired) electrons. The number of hydrogen-bond acceptors (Lipinski definition) is 2. The lowest BCUT2D eigenvalue weighted by Gasteiger charge is -2.21. The molecule has 0 bridgehead atoms. The lowest BCUT2D eigenvalue weighted by molar-refractivity contribution is 0.274. The molecule has 0 aromatic heterocycles. The van der Waals surface area contributed by atoms with Gasteiger partial charge in [0.2, 0.25) is 0 Å². The number of hydrogen-bond donors (Lipinski definition) is 1. The Balaban J connectivity index is 1.67. The van der Waals surface area contributed by atoms with Gasteiger partial charge in [0, 0.05) is 19.6 Å². The van der Waals surface area contributed by atoms with E-state index in [0.717, 1.165) is 19.0 Å². The molecule has 0 amide bonds. The summed E-state index contributed by atoms with van der Waals surface area (Å²) in [4.78, 5) is 2.57. The van der Waals surface area contributed by atoms with Gasteiger partial charge in [-0.3, -0.25) is 4.90 Å². The maximum atomic E-state index is 5.87. The first-order valence-electron chi connectivity index (χ1n) is 6.20. The molecule has 3 rings (SSSR count). The maximum absolute atomic E-state index is 5.87. The molecule has 1 saturated carbocycles. The van der Waals surface area contributed by atoms with Crippen LogP contribution in [-0.4, -0.2) is 24.5 Å². The number of nitrogens with zero attached hydrogens (tertiary/aromatic N) is 1. The second-order valence-electron chi connectivity index (χ2n) is 5.56. The molecule has 2 atom stereocenters. The summed E-state index contributed by atoms with van der Waals surface area (Å²) in [5, 5.41) is 0. The van der Waals surface area contributed by atoms with Gasteiger partial charge in [-0.1, -0.05) is 24.3 Å². The zero-order valence-electron chi connectivity index (χ0n) is 9.95. The topological polar surface area (TPSA) is 29.3 Å². The van der Waals surface area contributed by atoms with Crippen molar-refractivity contribution in [2.75, 3.05) is 19.6 Å². The third kappa shape index (κ3) is 1.57. The van der Waals surface area contributed by atoms with Crippen LogP contribution >= 0.6 is 0 Å². The first-order valence-corrected chi connectivity index (χ1v) is 6.20. The van der Waals surface area contributed by atoms with Gasteiger partial charge in [0.15, 0.2) is 0 Å². The Kier molecular flexibility index (Phi) is 2.30. The van der Waals surface area contributed by atoms with Crippen LogP contribution in [0, 0.1) is 18.3 Å². The van der Waals surface area contributed by atoms with Crippen LogP contribution in [0.15, 0.2) is 24.3 Å². The molecular formula is C14H20N2. The summed E-state index contributed by atoms with van der Waals surface area (Å²) in [5.41, 5.74) is 9.25. The Morgan fingerprint density at radius 3 is 2.94 bits per heavy atom. The van der Waals surface area contributed by atoms with Crippen molar-refractivity contribution in [3.8, 4) is 0 Å². The van der Waals surface area contributed by atoms with E-state index in [0.29, 0.717) is 5.41 Å². The van der Waals surface area contributed by atoms with Crippen molar-refractivity contribution in [2.24, 2.45) is 17.1 Å². The number of fused-ring (bicyclic) bond motifs is 1. The fourth-order valence-corrected chi connectivity index (χ4v) is 3.17. The Labute approximate surface area is 97.4 Å². The normalized spacial score (nSPS) is 32.8. The van der Waals surface area contributed by atoms with E-state index >= 15 is 0 Å². The first kappa shape index (κ1) is 10.3. The number of likely N-dealkylation sites (tertiary alicyclic amines) is 1. The molecule has 2 fully saturated rings. The number of benzene rings is 1. The highest BCUT2D eigenvalue weighted by atomic mass is 15.2. The van der Waals surface area contributed by atoms with Crippen LogP contribution in [-0.2, 0) is 6.54 Å². The van der Waals surface area contributed by atoms with E-state index in [4.69, 9.17) is 5.73 Å². The molecule has 2 aliphatic rings. The van der Waals surface area contributed by atoms with Crippen molar-refractivity contribution < 1.29 is 0 Å². The molecule has 0 spiro atoms. The first-order chi connectivity index (χ1) is 7.73. The molecule has 1 saturated heterocycles. The molecule has 16 heavy (non-hydrogen) atoms. The minimum atomic E-state index is 0.503. The van der Waals surface area contributed by atoms with Crippen LogP contribution in [0.1, 0.15) is 17.5 Å². The molecule has 1 aromatic carbocycles. The van der Waals surface area contributed by atoms with Crippen LogP contribution in [0.2, 0.25) is 0 Å². The highest BCUT2D eigenvalue weighted by molar-refractivity contribution is 5.26. The van der Waals surface area contributed by atoms with E-state index in [2.05, 4.69) is 36.1 Å². The average Bonchev–Trinajstić information content (AvgIpc) is 2.86. The molecular weight excluding hydrogens is 196 g/mol. The predicted molar refractivity (Wildman–Crippen MR) is 66.1 cm³/mol. The largest absolute Gasteiger partial charge is 0.330 e. The van der Waals surface area contributed by atoms with E-state index in [9.17, 15) is 0 Å². The van der Waals surface area contributed by atoms with E-state index in [1.54, 1.807) is 0 Å². The fourth-order valence-electron chi connectivity index (χ4n) is 3.17. The Bertz CT molecular complexity index is 397. The number of nitrogens with two attached hydrogens (primary N) is 1. The van der Waals surface area contributed by atoms with Crippen molar-refractivity contribution in [3.05, 3.63) is 35.4 Å². The van der Waals surface area contributed by atoms with Crippen molar-refractivity contribution in [2.45, 2.75) is 19.9 Å². The highest BCUT2D eigenvalue weighted by Crippen LogP contribution is 2.57. The standard InChI is InChI=1S/C14H20N2/c1-11-4-2-3-5-12(11)7-16-8-13-6-14(13,9-15)10-16/h2-5,13H,6-10,15H2,1H3. The summed E-state index contributed by atoms with van der Waals surface area (Å²) in [7, 11) is 0. The van der Waals surface area contributed by atoms with Crippen molar-refractivity contribution in [3.63, 3.8) is 0 Å². The molecule has 2 heteroatoms. The summed E-state index contributed by atoms with van der Waals surface area (Å²) in [5.74, 6) is 0.890. The van der Waals surface area contributed by atoms with Gasteiger partial charge in [0.05, 0.1) is 0 Å². The highest BCUT2D eigenvalue weighted by Gasteiger charge is 2.58. The summed E-state index contributed by atoms with van der Waals surface area (Å²) in [6.07, 6.45) is 1.37. The zero-order chi connectivity index (χ0) is 11.2. The zero-order valence-corrected chi connectivity index (χ0v) is 9.95. The molecule has 2 unspecified atom stereocenters. The average molecular weight is 216 g/mol. The minimum Gasteiger partial charge on any atom is -0.330 e. The van der Waals surface area contributed by atoms with Gasteiger partial charge in [0.25, 0.3) is 0 Å². The predicted octanol–water partition coefficient (Wildman–Crippen LogP) is 1.78. The molecule has 86 valence electrons. The van der Waals surface area contributed by atoms with Gasteiger partial charge in [-0.15, -0.1) is 0 Å². The van der Waals surface area contributed by atoms with Gasteiger partial charge in [0.1, 0.15) is 0 Å². The van der Waals surface area contributed by atoms with Gasteiger partial charge >= 0.3 is 0 Å². The third-order valence-corrected chi connectivity index (χ3v) is 4.44. The van der Waals surface area contributed by atoms with Gasteiger partial charge in [-0.05, 0) is 42.3 Å². The van der Waals surface area contributed by atoms with Gasteiger partial charge in [-0.25, -0.2) is 0 Å². The SMILES string of the molecule is Cc1ccccc1CN1CC2CC2(CN)C1. The second kappa shape index (κ2) is 3.57. The molecule has 1 aliphatic carbocycles. The van der Waals surface area contributed by atoms with Crippen molar-refractivity contribution >= 4 is 0 Å². The third-order valence-electron chi connectivity index (χ3n) is 4.44. The van der Waals surface area contributed by atoms with Crippen LogP contribution in [0.25, 0.3) is 0 Å². The monoisotopic (exact) mass is 216 g/mol. The summed E-state index contributed by atoms with van der Waals surface area (Å²) >= 11 is 0. The van der Waals surface area contributed by atoms with Crippen molar-refractivity contribution in [1.29, 1.82) is 0 Å². The van der Waals surface area contributed by atoms with Crippen LogP contribution in [0.5, 0.6) is 0 Å². The van der Waals surface area contributed by atoms with Gasteiger partial charge < -0.3 is 5.73 Å². The van der Waals surface area contributed by atoms with E-state index in [1.165, 1.54) is 30.6 Å². The van der Waals surface area contributed by atoms with E-state index in [-0.39, 0.29) is 0 Å².